The van der Waals surface area contributed by atoms with Gasteiger partial charge in [-0.15, -0.1) is 0 Å². The van der Waals surface area contributed by atoms with E-state index in [1.165, 1.54) is 12.1 Å². The fraction of sp³-hybridized carbons (Fsp3) is 0.273. The zero-order valence-corrected chi connectivity index (χ0v) is 9.54. The summed E-state index contributed by atoms with van der Waals surface area (Å²) >= 11 is 0. The second-order valence-electron chi connectivity index (χ2n) is 4.01. The number of benzene rings is 1. The molecule has 0 bridgehead atoms. The van der Waals surface area contributed by atoms with Crippen LogP contribution >= 0.6 is 0 Å². The van der Waals surface area contributed by atoms with Gasteiger partial charge in [0.05, 0.1) is 4.92 Å². The molecular weight excluding hydrogens is 220 g/mol. The number of nitrogens with one attached hydrogen (secondary N) is 1. The van der Waals surface area contributed by atoms with E-state index in [0.29, 0.717) is 11.4 Å². The van der Waals surface area contributed by atoms with E-state index in [9.17, 15) is 10.1 Å². The highest BCUT2D eigenvalue weighted by Gasteiger charge is 2.11. The Hall–Kier alpha value is -2.24. The summed E-state index contributed by atoms with van der Waals surface area (Å²) < 4.78 is 0. The van der Waals surface area contributed by atoms with Crippen molar-refractivity contribution in [2.24, 2.45) is 0 Å². The highest BCUT2D eigenvalue weighted by molar-refractivity contribution is 5.58. The standard InChI is InChI=1S/C11H12N4O2/c1-7(2)10-12-11(14-13-10)8-4-3-5-9(6-8)15(16)17/h3-7H,1-2H3,(H,12,13,14). The summed E-state index contributed by atoms with van der Waals surface area (Å²) in [5, 5.41) is 17.5. The van der Waals surface area contributed by atoms with Gasteiger partial charge in [-0.25, -0.2) is 4.98 Å². The number of aromatic nitrogens is 3. The Balaban J connectivity index is 2.38. The van der Waals surface area contributed by atoms with Gasteiger partial charge in [-0.3, -0.25) is 15.2 Å². The summed E-state index contributed by atoms with van der Waals surface area (Å²) in [6, 6.07) is 6.28. The minimum absolute atomic E-state index is 0.0402. The summed E-state index contributed by atoms with van der Waals surface area (Å²) in [4.78, 5) is 14.5. The molecule has 88 valence electrons. The van der Waals surface area contributed by atoms with E-state index < -0.39 is 4.92 Å². The second kappa shape index (κ2) is 4.32. The average molecular weight is 232 g/mol. The van der Waals surface area contributed by atoms with Crippen LogP contribution in [-0.4, -0.2) is 20.1 Å². The van der Waals surface area contributed by atoms with Gasteiger partial charge in [0.1, 0.15) is 5.82 Å². The fourth-order valence-corrected chi connectivity index (χ4v) is 1.42. The number of hydrogen-bond donors (Lipinski definition) is 1. The van der Waals surface area contributed by atoms with Gasteiger partial charge in [0.25, 0.3) is 5.69 Å². The topological polar surface area (TPSA) is 84.7 Å². The molecular formula is C11H12N4O2. The minimum atomic E-state index is -0.431. The van der Waals surface area contributed by atoms with Crippen LogP contribution in [0.1, 0.15) is 25.6 Å². The summed E-state index contributed by atoms with van der Waals surface area (Å²) in [5.74, 6) is 1.50. The van der Waals surface area contributed by atoms with Gasteiger partial charge in [0, 0.05) is 23.6 Å². The van der Waals surface area contributed by atoms with E-state index in [0.717, 1.165) is 5.82 Å². The van der Waals surface area contributed by atoms with Crippen LogP contribution < -0.4 is 0 Å². The van der Waals surface area contributed by atoms with Crippen molar-refractivity contribution in [3.05, 3.63) is 40.2 Å². The number of nitrogens with zero attached hydrogens (tertiary/aromatic N) is 3. The molecule has 0 aliphatic heterocycles. The molecule has 0 fully saturated rings. The molecule has 1 heterocycles. The maximum absolute atomic E-state index is 10.7. The van der Waals surface area contributed by atoms with Gasteiger partial charge in [-0.05, 0) is 0 Å². The lowest BCUT2D eigenvalue weighted by Crippen LogP contribution is -1.90. The molecule has 0 saturated heterocycles. The minimum Gasteiger partial charge on any atom is -0.262 e. The molecule has 0 aliphatic carbocycles. The van der Waals surface area contributed by atoms with Crippen molar-refractivity contribution in [3.8, 4) is 11.4 Å². The molecule has 0 atom stereocenters. The molecule has 0 unspecified atom stereocenters. The predicted octanol–water partition coefficient (Wildman–Crippen LogP) is 2.50. The second-order valence-corrected chi connectivity index (χ2v) is 4.01. The Morgan fingerprint density at radius 3 is 2.76 bits per heavy atom. The first-order valence-electron chi connectivity index (χ1n) is 5.25. The van der Waals surface area contributed by atoms with E-state index in [1.54, 1.807) is 12.1 Å². The highest BCUT2D eigenvalue weighted by atomic mass is 16.6. The van der Waals surface area contributed by atoms with Crippen LogP contribution in [0.25, 0.3) is 11.4 Å². The first kappa shape index (κ1) is 11.3. The number of hydrogen-bond acceptors (Lipinski definition) is 4. The molecule has 6 nitrogen and oxygen atoms in total. The zero-order valence-electron chi connectivity index (χ0n) is 9.54. The maximum atomic E-state index is 10.7. The molecule has 17 heavy (non-hydrogen) atoms. The van der Waals surface area contributed by atoms with E-state index in [1.807, 2.05) is 13.8 Å². The molecule has 1 aromatic heterocycles. The van der Waals surface area contributed by atoms with Gasteiger partial charge in [-0.1, -0.05) is 26.0 Å². The maximum Gasteiger partial charge on any atom is 0.270 e. The van der Waals surface area contributed by atoms with Crippen molar-refractivity contribution >= 4 is 5.69 Å². The summed E-state index contributed by atoms with van der Waals surface area (Å²) in [7, 11) is 0. The van der Waals surface area contributed by atoms with Crippen molar-refractivity contribution in [1.82, 2.24) is 15.2 Å². The van der Waals surface area contributed by atoms with Crippen molar-refractivity contribution in [1.29, 1.82) is 0 Å². The third kappa shape index (κ3) is 2.30. The van der Waals surface area contributed by atoms with Crippen molar-refractivity contribution in [2.75, 3.05) is 0 Å². The molecule has 0 amide bonds. The third-order valence-electron chi connectivity index (χ3n) is 2.36. The Kier molecular flexibility index (Phi) is 2.86. The molecule has 0 aliphatic rings. The number of non-ortho nitro benzene ring substituents is 1. The number of aromatic amines is 1. The Bertz CT molecular complexity index is 548. The number of nitro benzene ring substituents is 1. The van der Waals surface area contributed by atoms with Crippen LogP contribution in [0.5, 0.6) is 0 Å². The van der Waals surface area contributed by atoms with Crippen LogP contribution in [-0.2, 0) is 0 Å². The van der Waals surface area contributed by atoms with Crippen molar-refractivity contribution in [2.45, 2.75) is 19.8 Å². The molecule has 0 spiro atoms. The smallest absolute Gasteiger partial charge is 0.262 e. The Morgan fingerprint density at radius 1 is 1.41 bits per heavy atom. The predicted molar refractivity (Wildman–Crippen MR) is 62.6 cm³/mol. The van der Waals surface area contributed by atoms with E-state index in [2.05, 4.69) is 15.2 Å². The van der Waals surface area contributed by atoms with Crippen molar-refractivity contribution < 1.29 is 4.92 Å². The SMILES string of the molecule is CC(C)c1nc(-c2cccc([N+](=O)[O-])c2)n[nH]1. The van der Waals surface area contributed by atoms with Crippen LogP contribution in [0.2, 0.25) is 0 Å². The zero-order chi connectivity index (χ0) is 12.4. The van der Waals surface area contributed by atoms with Gasteiger partial charge in [0.2, 0.25) is 0 Å². The van der Waals surface area contributed by atoms with Crippen LogP contribution in [0.4, 0.5) is 5.69 Å². The monoisotopic (exact) mass is 232 g/mol. The number of H-pyrrole nitrogens is 1. The lowest BCUT2D eigenvalue weighted by Gasteiger charge is -1.96. The summed E-state index contributed by atoms with van der Waals surface area (Å²) in [5.41, 5.74) is 0.681. The molecule has 1 aromatic carbocycles. The van der Waals surface area contributed by atoms with Crippen LogP contribution in [0, 0.1) is 10.1 Å². The lowest BCUT2D eigenvalue weighted by atomic mass is 10.2. The first-order chi connectivity index (χ1) is 8.08. The van der Waals surface area contributed by atoms with Gasteiger partial charge < -0.3 is 0 Å². The number of rotatable bonds is 3. The normalized spacial score (nSPS) is 10.8. The Labute approximate surface area is 97.9 Å². The first-order valence-corrected chi connectivity index (χ1v) is 5.25. The molecule has 1 N–H and O–H groups in total. The lowest BCUT2D eigenvalue weighted by molar-refractivity contribution is -0.384. The van der Waals surface area contributed by atoms with E-state index in [-0.39, 0.29) is 11.6 Å². The largest absolute Gasteiger partial charge is 0.270 e. The van der Waals surface area contributed by atoms with Gasteiger partial charge in [0.15, 0.2) is 5.82 Å². The number of nitro groups is 1. The summed E-state index contributed by atoms with van der Waals surface area (Å²) in [6.45, 7) is 4.00. The van der Waals surface area contributed by atoms with Crippen LogP contribution in [0.3, 0.4) is 0 Å². The van der Waals surface area contributed by atoms with Crippen molar-refractivity contribution in [3.63, 3.8) is 0 Å². The molecule has 2 aromatic rings. The average Bonchev–Trinajstić information content (AvgIpc) is 2.78. The van der Waals surface area contributed by atoms with Crippen LogP contribution in [0.15, 0.2) is 24.3 Å². The van der Waals surface area contributed by atoms with E-state index in [4.69, 9.17) is 0 Å². The molecule has 6 heteroatoms. The van der Waals surface area contributed by atoms with Gasteiger partial charge in [-0.2, -0.15) is 5.10 Å². The highest BCUT2D eigenvalue weighted by Crippen LogP contribution is 2.21. The molecule has 2 rings (SSSR count). The molecule has 0 saturated carbocycles. The van der Waals surface area contributed by atoms with Gasteiger partial charge >= 0.3 is 0 Å². The molecule has 0 radical (unpaired) electrons. The third-order valence-corrected chi connectivity index (χ3v) is 2.36. The fourth-order valence-electron chi connectivity index (χ4n) is 1.42. The Morgan fingerprint density at radius 2 is 2.18 bits per heavy atom. The quantitative estimate of drug-likeness (QED) is 0.650. The summed E-state index contributed by atoms with van der Waals surface area (Å²) in [6.07, 6.45) is 0. The van der Waals surface area contributed by atoms with E-state index >= 15 is 0 Å².